The monoisotopic (exact) mass is 2000 g/mol. The van der Waals surface area contributed by atoms with Crippen LogP contribution in [0.25, 0.3) is 0 Å². The first-order chi connectivity index (χ1) is 63.0. The topological polar surface area (TPSA) is 199 Å². The van der Waals surface area contributed by atoms with Crippen molar-refractivity contribution in [2.45, 2.75) is 527 Å². The molecule has 0 aromatic rings. The van der Waals surface area contributed by atoms with Crippen molar-refractivity contribution in [2.24, 2.45) is 23.5 Å². The second-order valence-electron chi connectivity index (χ2n) is 39.3. The Morgan fingerprint density at radius 2 is 0.735 bits per heavy atom. The summed E-state index contributed by atoms with van der Waals surface area (Å²) >= 11 is 0. The number of hydrogen-bond acceptors (Lipinski definition) is 18. The summed E-state index contributed by atoms with van der Waals surface area (Å²) in [4.78, 5) is 29.4. The Morgan fingerprint density at radius 1 is 0.386 bits per heavy atom. The average molecular weight is 2010 g/mol. The van der Waals surface area contributed by atoms with Crippen LogP contribution >= 0.6 is 0 Å². The molecule has 0 aromatic heterocycles. The van der Waals surface area contributed by atoms with Crippen molar-refractivity contribution in [3.63, 3.8) is 0 Å². The smallest absolute Gasteiger partial charge is 0.330 e. The molecule has 0 radical (unpaired) electrons. The number of carbonyl (C=O) groups is 2. The van der Waals surface area contributed by atoms with Gasteiger partial charge in [-0.1, -0.05) is 292 Å². The Kier molecular flexibility index (Phi) is 59.0. The molecule has 0 aliphatic carbocycles. The van der Waals surface area contributed by atoms with Crippen LogP contribution in [0.1, 0.15) is 266 Å². The zero-order valence-corrected chi connectivity index (χ0v) is 99.9. The lowest BCUT2D eigenvalue weighted by Gasteiger charge is -2.52. The summed E-state index contributed by atoms with van der Waals surface area (Å²) in [6.07, 6.45) is 29.2. The number of nitrogens with two attached hydrogens (primary N) is 1. The van der Waals surface area contributed by atoms with Gasteiger partial charge in [0.05, 0.1) is 80.6 Å². The van der Waals surface area contributed by atoms with Crippen LogP contribution in [-0.2, 0) is 77.8 Å². The van der Waals surface area contributed by atoms with Gasteiger partial charge >= 0.3 is 11.9 Å². The fraction of sp³-hybridized carbons (Fsp3) is 0.829. The highest BCUT2D eigenvalue weighted by Gasteiger charge is 2.56. The van der Waals surface area contributed by atoms with Crippen molar-refractivity contribution in [2.75, 3.05) is 14.2 Å². The minimum atomic E-state index is -2.57. The van der Waals surface area contributed by atoms with Crippen molar-refractivity contribution in [3.05, 3.63) is 97.2 Å². The number of hydrogen-bond donors (Lipinski definition) is 1. The average Bonchev–Trinajstić information content (AvgIpc) is 0.770. The number of fused-ring (bicyclic) bond motifs is 2. The first-order valence-electron chi connectivity index (χ1n) is 54.0. The van der Waals surface area contributed by atoms with E-state index in [1.807, 2.05) is 61.8 Å². The lowest BCUT2D eigenvalue weighted by atomic mass is 9.82. The van der Waals surface area contributed by atoms with Gasteiger partial charge in [-0.15, -0.1) is 0 Å². The van der Waals surface area contributed by atoms with E-state index in [2.05, 4.69) is 251 Å². The van der Waals surface area contributed by atoms with Crippen LogP contribution < -0.4 is 5.73 Å². The van der Waals surface area contributed by atoms with Crippen LogP contribution in [0.15, 0.2) is 97.2 Å². The van der Waals surface area contributed by atoms with E-state index >= 15 is 4.79 Å². The van der Waals surface area contributed by atoms with Crippen molar-refractivity contribution in [1.29, 1.82) is 0 Å². The molecule has 0 spiro atoms. The normalized spacial score (nSPS) is 28.1. The van der Waals surface area contributed by atoms with Gasteiger partial charge in [0, 0.05) is 50.4 Å². The van der Waals surface area contributed by atoms with Crippen molar-refractivity contribution in [1.82, 2.24) is 0 Å². The van der Waals surface area contributed by atoms with Crippen LogP contribution in [0.2, 0.25) is 163 Å². The molecule has 3 heterocycles. The molecule has 3 aliphatic heterocycles. The molecule has 0 saturated carbocycles. The molecule has 2 bridgehead atoms. The van der Waals surface area contributed by atoms with Gasteiger partial charge in [-0.2, -0.15) is 0 Å². The highest BCUT2D eigenvalue weighted by molar-refractivity contribution is 6.77. The Labute approximate surface area is 820 Å². The van der Waals surface area contributed by atoms with Crippen LogP contribution in [-0.4, -0.2) is 198 Å². The zero-order chi connectivity index (χ0) is 99.2. The fourth-order valence-corrected chi connectivity index (χ4v) is 47.5. The van der Waals surface area contributed by atoms with E-state index < -0.39 is 166 Å². The largest absolute Gasteiger partial charge is 0.466 e. The van der Waals surface area contributed by atoms with Crippen LogP contribution in [0.4, 0.5) is 0 Å². The molecular formula is C105H205NO17Si9. The first-order valence-corrected chi connectivity index (χ1v) is 76.8. The van der Waals surface area contributed by atoms with Gasteiger partial charge in [0.2, 0.25) is 0 Å². The molecule has 3 rings (SSSR count). The van der Waals surface area contributed by atoms with E-state index in [0.717, 1.165) is 163 Å². The van der Waals surface area contributed by atoms with Gasteiger partial charge < -0.3 is 74.0 Å². The number of allylic oxidation sites excluding steroid dienone is 12. The molecule has 27 heteroatoms. The van der Waals surface area contributed by atoms with E-state index in [0.29, 0.717) is 38.5 Å². The van der Waals surface area contributed by atoms with Crippen molar-refractivity contribution >= 4 is 86.8 Å². The van der Waals surface area contributed by atoms with Crippen molar-refractivity contribution in [3.8, 4) is 0 Å². The summed E-state index contributed by atoms with van der Waals surface area (Å²) in [7, 11) is -18.5. The molecule has 0 unspecified atom stereocenters. The molecular weight excluding hydrogens is 1800 g/mol. The second-order valence-corrected chi connectivity index (χ2v) is 81.8. The number of carbonyl (C=O) groups excluding carboxylic acids is 2. The third-order valence-electron chi connectivity index (χ3n) is 33.6. The number of rotatable bonds is 50. The fourth-order valence-electron chi connectivity index (χ4n) is 21.3. The summed E-state index contributed by atoms with van der Waals surface area (Å²) in [5.41, 5.74) is 7.81. The standard InChI is InChI=1S/C105H205NO17Si9/c1-34-124(35-2,36-3)115-90-75-77-94(118-127(43-10,44-11)45-12)96(119-128(46-13,47-14)48-15)81-92(117-126(40-7,41-8)42-9)83-105(110-33)84-97(120-129(49-16,50-17)51-18)93(76-78-98(107)109-32)95(114-105)80-89(113-104-103(123-132(58-25,59-26)60-27)100(106)102(88(31)112-104)122-131(55-22,56-23)57-24)74-72-70-68-66-64-62-61-63-65-67-69-71-73-85(28)101(121-130(52-19,53-20)54-21)86(29)87(30)111-99(108)82-91(79-90)116-125(37-4,38-5)39-6/h61-74,76,78,85-97,100-104H,34-60,75,77,79-84,106H2,1-33H3/b62-61?,65-63?,66-64?,69-67?,70-68?,73-71?,74-72?,78-76+/t85-,86-,87-,88+,89-,90+,91+,92-,93-,94+,95-,96+,97-,100-,101+,102+,103-,104-,105+/m0/s1. The summed E-state index contributed by atoms with van der Waals surface area (Å²) in [6, 6.07) is 24.9. The van der Waals surface area contributed by atoms with E-state index in [-0.39, 0.29) is 49.0 Å². The Balaban J connectivity index is 2.89. The van der Waals surface area contributed by atoms with Gasteiger partial charge in [0.25, 0.3) is 0 Å². The Bertz CT molecular complexity index is 3310. The SMILES string of the molecule is CC[Si](CC)(CC)O[C@@H]1CC[C@@H](O[Si](CC)(CC)CC)[C@H](O[Si](CC)(CC)CC)C[C@H](O[Si](CC)(CC)CC)C[C@]2(OC)C[C@H](O[Si](CC)(CC)CC)[C@@H](/C=C/C(=O)OC)[C@H](C[C@@H](O[C@@H]3O[C@H](C)[C@@H](O[Si](CC)(CC)CC)[C@H](N)[C@@H]3O[Si](CC)(CC)CC)C=CC=CC=CC=CC=CC=CC=C[C@H](C)[C@@H](O[Si](CC)(CC)CC)[C@@H](C)[C@H](C)OC(=O)C[C@H](O[Si](CC)(CC)CC)C1)O2. The van der Waals surface area contributed by atoms with Crippen LogP contribution in [0, 0.1) is 17.8 Å². The maximum Gasteiger partial charge on any atom is 0.330 e. The van der Waals surface area contributed by atoms with Gasteiger partial charge in [0.15, 0.2) is 86.9 Å². The summed E-state index contributed by atoms with van der Waals surface area (Å²) in [6.45, 7) is 71.0. The number of ether oxygens (including phenoxy) is 6. The number of methoxy groups -OCH3 is 2. The lowest BCUT2D eigenvalue weighted by Crippen LogP contribution is -2.67. The quantitative estimate of drug-likeness (QED) is 0.0342. The van der Waals surface area contributed by atoms with Gasteiger partial charge in [-0.3, -0.25) is 4.79 Å². The molecule has 2 fully saturated rings. The van der Waals surface area contributed by atoms with E-state index in [4.69, 9.17) is 74.0 Å². The van der Waals surface area contributed by atoms with Gasteiger partial charge in [-0.25, -0.2) is 4.79 Å². The van der Waals surface area contributed by atoms with Gasteiger partial charge in [-0.05, 0) is 209 Å². The molecule has 0 aromatic carbocycles. The molecule has 18 nitrogen and oxygen atoms in total. The van der Waals surface area contributed by atoms with Crippen LogP contribution in [0.3, 0.4) is 0 Å². The summed E-state index contributed by atoms with van der Waals surface area (Å²) < 4.78 is 115. The summed E-state index contributed by atoms with van der Waals surface area (Å²) in [5, 5.41) is 0. The zero-order valence-electron chi connectivity index (χ0n) is 90.9. The maximum atomic E-state index is 15.5. The maximum absolute atomic E-state index is 15.5. The van der Waals surface area contributed by atoms with Crippen LogP contribution in [0.5, 0.6) is 0 Å². The highest BCUT2D eigenvalue weighted by atomic mass is 28.4. The third kappa shape index (κ3) is 36.3. The molecule has 19 atom stereocenters. The first kappa shape index (κ1) is 124. The molecule has 2 N–H and O–H groups in total. The van der Waals surface area contributed by atoms with E-state index in [1.54, 1.807) is 6.08 Å². The van der Waals surface area contributed by atoms with E-state index in [1.165, 1.54) is 7.11 Å². The molecule has 2 saturated heterocycles. The Morgan fingerprint density at radius 3 is 1.14 bits per heavy atom. The third-order valence-corrected chi connectivity index (χ3v) is 75.6. The Hall–Kier alpha value is -1.75. The molecule has 3 aliphatic rings. The molecule has 768 valence electrons. The van der Waals surface area contributed by atoms with Crippen molar-refractivity contribution < 1.29 is 77.8 Å². The second kappa shape index (κ2) is 62.6. The molecule has 0 amide bonds. The van der Waals surface area contributed by atoms with Gasteiger partial charge in [0.1, 0.15) is 12.2 Å². The molecule has 132 heavy (non-hydrogen) atoms. The highest BCUT2D eigenvalue weighted by Crippen LogP contribution is 2.48. The summed E-state index contributed by atoms with van der Waals surface area (Å²) in [5.74, 6) is -2.63. The minimum Gasteiger partial charge on any atom is -0.466 e. The number of cyclic esters (lactones) is 1. The van der Waals surface area contributed by atoms with E-state index in [9.17, 15) is 4.79 Å². The lowest BCUT2D eigenvalue weighted by molar-refractivity contribution is -0.312. The predicted octanol–water partition coefficient (Wildman–Crippen LogP) is 29.3. The predicted molar refractivity (Wildman–Crippen MR) is 580 cm³/mol. The number of esters is 2. The minimum absolute atomic E-state index is 0.0256.